The molecule has 2 aliphatic rings. The molecule has 1 aromatic rings. The maximum atomic E-state index is 6.29. The molecule has 0 aliphatic carbocycles. The van der Waals surface area contributed by atoms with Gasteiger partial charge in [0.15, 0.2) is 11.1 Å². The number of nitrogens with two attached hydrogens (primary N) is 1. The van der Waals surface area contributed by atoms with Crippen molar-refractivity contribution in [1.82, 2.24) is 9.88 Å². The Hall–Kier alpha value is -0.610. The van der Waals surface area contributed by atoms with E-state index in [1.54, 1.807) is 11.3 Å². The summed E-state index contributed by atoms with van der Waals surface area (Å²) in [5, 5.41) is 3.12. The van der Waals surface area contributed by atoms with Crippen molar-refractivity contribution in [1.29, 1.82) is 0 Å². The molecular weight excluding hydrogens is 461 g/mol. The zero-order valence-corrected chi connectivity index (χ0v) is 19.2. The van der Waals surface area contributed by atoms with Crippen LogP contribution in [0.4, 0.5) is 5.13 Å². The number of nitrogens with zero attached hydrogens (tertiary/aromatic N) is 4. The van der Waals surface area contributed by atoms with Gasteiger partial charge in [-0.2, -0.15) is 0 Å². The van der Waals surface area contributed by atoms with Gasteiger partial charge in [0, 0.05) is 56.8 Å². The molecule has 2 aliphatic heterocycles. The highest BCUT2D eigenvalue weighted by atomic mass is 127. The van der Waals surface area contributed by atoms with E-state index in [1.165, 1.54) is 6.42 Å². The lowest BCUT2D eigenvalue weighted by molar-refractivity contribution is -0.0823. The van der Waals surface area contributed by atoms with Crippen molar-refractivity contribution in [3.8, 4) is 0 Å². The number of piperazine rings is 1. The van der Waals surface area contributed by atoms with Crippen LogP contribution in [0.1, 0.15) is 33.6 Å². The summed E-state index contributed by atoms with van der Waals surface area (Å²) < 4.78 is 6.05. The Labute approximate surface area is 178 Å². The molecule has 148 valence electrons. The molecule has 2 saturated heterocycles. The SMILES string of the molecule is CC(C)(C)C1OCCCC1CN=C(N)N1CCN(c2nccs2)CC1.I. The normalized spacial score (nSPS) is 25.1. The molecule has 0 spiro atoms. The van der Waals surface area contributed by atoms with E-state index < -0.39 is 0 Å². The van der Waals surface area contributed by atoms with Crippen molar-refractivity contribution in [2.45, 2.75) is 39.7 Å². The summed E-state index contributed by atoms with van der Waals surface area (Å²) in [7, 11) is 0. The van der Waals surface area contributed by atoms with Crippen LogP contribution in [-0.4, -0.2) is 61.3 Å². The monoisotopic (exact) mass is 493 g/mol. The minimum atomic E-state index is 0. The molecule has 6 nitrogen and oxygen atoms in total. The molecule has 0 radical (unpaired) electrons. The van der Waals surface area contributed by atoms with Crippen molar-refractivity contribution in [3.63, 3.8) is 0 Å². The first kappa shape index (κ1) is 21.7. The molecule has 2 fully saturated rings. The van der Waals surface area contributed by atoms with Gasteiger partial charge in [0.25, 0.3) is 0 Å². The average molecular weight is 493 g/mol. The number of thiazole rings is 1. The smallest absolute Gasteiger partial charge is 0.191 e. The first-order chi connectivity index (χ1) is 11.9. The van der Waals surface area contributed by atoms with Crippen LogP contribution in [0.2, 0.25) is 0 Å². The van der Waals surface area contributed by atoms with Gasteiger partial charge in [-0.3, -0.25) is 4.99 Å². The van der Waals surface area contributed by atoms with Crippen molar-refractivity contribution in [2.24, 2.45) is 22.1 Å². The van der Waals surface area contributed by atoms with Crippen molar-refractivity contribution >= 4 is 46.4 Å². The highest BCUT2D eigenvalue weighted by molar-refractivity contribution is 14.0. The van der Waals surface area contributed by atoms with Gasteiger partial charge < -0.3 is 20.3 Å². The number of hydrogen-bond donors (Lipinski definition) is 1. The zero-order valence-electron chi connectivity index (χ0n) is 16.1. The van der Waals surface area contributed by atoms with Crippen LogP contribution in [0.3, 0.4) is 0 Å². The molecule has 0 aromatic carbocycles. The van der Waals surface area contributed by atoms with Gasteiger partial charge in [0.05, 0.1) is 6.10 Å². The van der Waals surface area contributed by atoms with Crippen LogP contribution in [0, 0.1) is 11.3 Å². The number of ether oxygens (including phenoxy) is 1. The quantitative estimate of drug-likeness (QED) is 0.399. The van der Waals surface area contributed by atoms with E-state index in [0.29, 0.717) is 11.9 Å². The second-order valence-corrected chi connectivity index (χ2v) is 8.92. The Morgan fingerprint density at radius 2 is 2.08 bits per heavy atom. The fourth-order valence-electron chi connectivity index (χ4n) is 3.80. The molecule has 0 saturated carbocycles. The van der Waals surface area contributed by atoms with Crippen LogP contribution >= 0.6 is 35.3 Å². The summed E-state index contributed by atoms with van der Waals surface area (Å²) in [6.45, 7) is 12.1. The molecule has 2 N–H and O–H groups in total. The second-order valence-electron chi connectivity index (χ2n) is 8.05. The molecule has 0 amide bonds. The Morgan fingerprint density at radius 1 is 1.35 bits per heavy atom. The van der Waals surface area contributed by atoms with E-state index in [0.717, 1.165) is 50.9 Å². The van der Waals surface area contributed by atoms with Crippen molar-refractivity contribution in [3.05, 3.63) is 11.6 Å². The van der Waals surface area contributed by atoms with E-state index in [1.807, 2.05) is 11.6 Å². The molecule has 1 aromatic heterocycles. The highest BCUT2D eigenvalue weighted by Crippen LogP contribution is 2.34. The topological polar surface area (TPSA) is 67.0 Å². The van der Waals surface area contributed by atoms with E-state index >= 15 is 0 Å². The standard InChI is InChI=1S/C18H31N5OS.HI/c1-18(2,3)15-14(5-4-11-24-15)13-21-16(19)22-7-9-23(10-8-22)17-20-6-12-25-17;/h6,12,14-15H,4-5,7-11,13H2,1-3H3,(H2,19,21);1H. The molecule has 2 unspecified atom stereocenters. The van der Waals surface area contributed by atoms with Gasteiger partial charge in [-0.1, -0.05) is 20.8 Å². The van der Waals surface area contributed by atoms with Crippen LogP contribution < -0.4 is 10.6 Å². The number of aromatic nitrogens is 1. The fourth-order valence-corrected chi connectivity index (χ4v) is 4.49. The molecule has 2 atom stereocenters. The summed E-state index contributed by atoms with van der Waals surface area (Å²) in [6.07, 6.45) is 4.43. The highest BCUT2D eigenvalue weighted by Gasteiger charge is 2.35. The maximum Gasteiger partial charge on any atom is 0.191 e. The number of guanidine groups is 1. The van der Waals surface area contributed by atoms with Crippen LogP contribution in [0.15, 0.2) is 16.6 Å². The predicted octanol–water partition coefficient (Wildman–Crippen LogP) is 3.04. The Balaban J connectivity index is 0.00000243. The van der Waals surface area contributed by atoms with E-state index in [4.69, 9.17) is 15.5 Å². The predicted molar refractivity (Wildman–Crippen MR) is 120 cm³/mol. The third-order valence-corrected chi connectivity index (χ3v) is 5.91. The Morgan fingerprint density at radius 3 is 2.69 bits per heavy atom. The van der Waals surface area contributed by atoms with Crippen molar-refractivity contribution in [2.75, 3.05) is 44.2 Å². The molecule has 3 heterocycles. The third kappa shape index (κ3) is 5.45. The van der Waals surface area contributed by atoms with Crippen LogP contribution in [0.25, 0.3) is 0 Å². The minimum Gasteiger partial charge on any atom is -0.377 e. The summed E-state index contributed by atoms with van der Waals surface area (Å²) in [4.78, 5) is 13.6. The largest absolute Gasteiger partial charge is 0.377 e. The van der Waals surface area contributed by atoms with Gasteiger partial charge in [-0.25, -0.2) is 4.98 Å². The van der Waals surface area contributed by atoms with Gasteiger partial charge >= 0.3 is 0 Å². The first-order valence-electron chi connectivity index (χ1n) is 9.26. The first-order valence-corrected chi connectivity index (χ1v) is 10.1. The molecule has 8 heteroatoms. The summed E-state index contributed by atoms with van der Waals surface area (Å²) in [5.74, 6) is 1.14. The number of hydrogen-bond acceptors (Lipinski definition) is 5. The number of rotatable bonds is 3. The van der Waals surface area contributed by atoms with Crippen LogP contribution in [-0.2, 0) is 4.74 Å². The number of aliphatic imine (C=N–C) groups is 1. The summed E-state index contributed by atoms with van der Waals surface area (Å²) in [6, 6.07) is 0. The van der Waals surface area contributed by atoms with E-state index in [2.05, 4.69) is 35.6 Å². The van der Waals surface area contributed by atoms with Gasteiger partial charge in [-0.15, -0.1) is 35.3 Å². The second kappa shape index (κ2) is 9.54. The lowest BCUT2D eigenvalue weighted by Crippen LogP contribution is -2.51. The summed E-state index contributed by atoms with van der Waals surface area (Å²) in [5.41, 5.74) is 6.44. The lowest BCUT2D eigenvalue weighted by atomic mass is 9.78. The van der Waals surface area contributed by atoms with Gasteiger partial charge in [0.1, 0.15) is 0 Å². The number of anilines is 1. The number of halogens is 1. The molecular formula is C18H32IN5OS. The zero-order chi connectivity index (χ0) is 17.9. The van der Waals surface area contributed by atoms with Gasteiger partial charge in [0.2, 0.25) is 0 Å². The van der Waals surface area contributed by atoms with Crippen molar-refractivity contribution < 1.29 is 4.74 Å². The maximum absolute atomic E-state index is 6.29. The average Bonchev–Trinajstić information content (AvgIpc) is 3.14. The lowest BCUT2D eigenvalue weighted by Gasteiger charge is -2.40. The Kier molecular flexibility index (Phi) is 7.96. The fraction of sp³-hybridized carbons (Fsp3) is 0.778. The molecule has 26 heavy (non-hydrogen) atoms. The van der Waals surface area contributed by atoms with E-state index in [9.17, 15) is 0 Å². The molecule has 3 rings (SSSR count). The Bertz CT molecular complexity index is 567. The third-order valence-electron chi connectivity index (χ3n) is 5.08. The minimum absolute atomic E-state index is 0. The summed E-state index contributed by atoms with van der Waals surface area (Å²) >= 11 is 1.69. The van der Waals surface area contributed by atoms with Gasteiger partial charge in [-0.05, 0) is 18.3 Å². The van der Waals surface area contributed by atoms with Crippen LogP contribution in [0.5, 0.6) is 0 Å². The molecule has 0 bridgehead atoms. The van der Waals surface area contributed by atoms with E-state index in [-0.39, 0.29) is 35.5 Å².